The summed E-state index contributed by atoms with van der Waals surface area (Å²) in [6, 6.07) is 0. The van der Waals surface area contributed by atoms with Gasteiger partial charge in [0.05, 0.1) is 0 Å². The van der Waals surface area contributed by atoms with Crippen molar-refractivity contribution in [3.8, 4) is 0 Å². The Morgan fingerprint density at radius 1 is 1.00 bits per heavy atom. The van der Waals surface area contributed by atoms with Crippen molar-refractivity contribution in [2.24, 2.45) is 5.92 Å². The summed E-state index contributed by atoms with van der Waals surface area (Å²) >= 11 is 0. The third kappa shape index (κ3) is 6.40. The standard InChI is InChI=1S/C11H22/c1-4-7-9-11(6-3)10-8-5-2/h11H,4-5,7-10H2,1-3H3. The molecular weight excluding hydrogens is 132 g/mol. The molecule has 0 bridgehead atoms. The molecule has 0 amide bonds. The highest BCUT2D eigenvalue weighted by atomic mass is 14.1. The highest BCUT2D eigenvalue weighted by molar-refractivity contribution is 4.70. The van der Waals surface area contributed by atoms with Gasteiger partial charge in [0.2, 0.25) is 0 Å². The zero-order valence-corrected chi connectivity index (χ0v) is 8.32. The van der Waals surface area contributed by atoms with Gasteiger partial charge < -0.3 is 0 Å². The molecular formula is C11H22. The second kappa shape index (κ2) is 8.10. The zero-order chi connectivity index (χ0) is 8.53. The van der Waals surface area contributed by atoms with Crippen molar-refractivity contribution < 1.29 is 0 Å². The summed E-state index contributed by atoms with van der Waals surface area (Å²) < 4.78 is 0. The molecule has 0 saturated carbocycles. The predicted octanol–water partition coefficient (Wildman–Crippen LogP) is 4.08. The third-order valence-corrected chi connectivity index (χ3v) is 2.22. The molecule has 0 atom stereocenters. The third-order valence-electron chi connectivity index (χ3n) is 2.22. The molecule has 11 heavy (non-hydrogen) atoms. The lowest BCUT2D eigenvalue weighted by Crippen LogP contribution is -1.98. The molecule has 0 nitrogen and oxygen atoms in total. The molecule has 0 aliphatic heterocycles. The lowest BCUT2D eigenvalue weighted by molar-refractivity contribution is 0.471. The number of rotatable bonds is 7. The first kappa shape index (κ1) is 11.0. The number of unbranched alkanes of at least 4 members (excludes halogenated alkanes) is 2. The second-order valence-corrected chi connectivity index (χ2v) is 3.27. The van der Waals surface area contributed by atoms with Crippen LogP contribution < -0.4 is 0 Å². The lowest BCUT2D eigenvalue weighted by Gasteiger charge is -2.12. The summed E-state index contributed by atoms with van der Waals surface area (Å²) in [5.74, 6) is 0.773. The maximum Gasteiger partial charge on any atom is -0.0173 e. The fourth-order valence-electron chi connectivity index (χ4n) is 1.33. The Labute approximate surface area is 72.4 Å². The Bertz CT molecular complexity index is 58.4. The number of hydrogen-bond donors (Lipinski definition) is 0. The molecule has 0 heteroatoms. The molecule has 0 aliphatic rings. The quantitative estimate of drug-likeness (QED) is 0.518. The van der Waals surface area contributed by atoms with Gasteiger partial charge in [-0.3, -0.25) is 0 Å². The van der Waals surface area contributed by atoms with E-state index in [1.165, 1.54) is 38.5 Å². The van der Waals surface area contributed by atoms with Crippen LogP contribution in [0.25, 0.3) is 0 Å². The van der Waals surface area contributed by atoms with E-state index in [0.29, 0.717) is 0 Å². The molecule has 0 aliphatic carbocycles. The highest BCUT2D eigenvalue weighted by Gasteiger charge is 2.04. The molecule has 0 heterocycles. The fourth-order valence-corrected chi connectivity index (χ4v) is 1.33. The largest absolute Gasteiger partial charge is 0.0654 e. The summed E-state index contributed by atoms with van der Waals surface area (Å²) in [7, 11) is 0. The first-order chi connectivity index (χ1) is 5.35. The van der Waals surface area contributed by atoms with Gasteiger partial charge in [0.15, 0.2) is 0 Å². The Kier molecular flexibility index (Phi) is 8.10. The Hall–Kier alpha value is 0. The van der Waals surface area contributed by atoms with Crippen molar-refractivity contribution in [3.63, 3.8) is 0 Å². The van der Waals surface area contributed by atoms with Crippen LogP contribution in [0.3, 0.4) is 0 Å². The number of hydrogen-bond acceptors (Lipinski definition) is 0. The molecule has 0 saturated heterocycles. The molecule has 0 aromatic heterocycles. The summed E-state index contributed by atoms with van der Waals surface area (Å²) in [5.41, 5.74) is 0. The summed E-state index contributed by atoms with van der Waals surface area (Å²) in [5, 5.41) is 0. The smallest absolute Gasteiger partial charge is 0.0173 e. The highest BCUT2D eigenvalue weighted by Crippen LogP contribution is 2.18. The minimum absolute atomic E-state index is 0.773. The van der Waals surface area contributed by atoms with Crippen molar-refractivity contribution >= 4 is 0 Å². The van der Waals surface area contributed by atoms with E-state index in [9.17, 15) is 0 Å². The molecule has 2 radical (unpaired) electrons. The normalized spacial score (nSPS) is 10.9. The van der Waals surface area contributed by atoms with Gasteiger partial charge in [0.1, 0.15) is 0 Å². The van der Waals surface area contributed by atoms with Crippen molar-refractivity contribution in [2.45, 2.75) is 59.3 Å². The van der Waals surface area contributed by atoms with Gasteiger partial charge in [-0.1, -0.05) is 46.5 Å². The summed E-state index contributed by atoms with van der Waals surface area (Å²) in [6.07, 6.45) is 11.5. The van der Waals surface area contributed by atoms with Gasteiger partial charge in [0.25, 0.3) is 0 Å². The van der Waals surface area contributed by atoms with Crippen molar-refractivity contribution in [1.29, 1.82) is 0 Å². The van der Waals surface area contributed by atoms with E-state index in [1.807, 2.05) is 0 Å². The average Bonchev–Trinajstić information content (AvgIpc) is 2.05. The summed E-state index contributed by atoms with van der Waals surface area (Å²) in [4.78, 5) is 0. The average molecular weight is 154 g/mol. The van der Waals surface area contributed by atoms with Gasteiger partial charge in [-0.25, -0.2) is 0 Å². The SMILES string of the molecule is C[C]C(CCCC)CCCC. The van der Waals surface area contributed by atoms with Crippen molar-refractivity contribution in [3.05, 3.63) is 6.42 Å². The maximum absolute atomic E-state index is 3.37. The van der Waals surface area contributed by atoms with Gasteiger partial charge in [-0.2, -0.15) is 0 Å². The molecule has 66 valence electrons. The first-order valence-electron chi connectivity index (χ1n) is 5.02. The van der Waals surface area contributed by atoms with Crippen LogP contribution in [0.1, 0.15) is 59.3 Å². The van der Waals surface area contributed by atoms with E-state index < -0.39 is 0 Å². The van der Waals surface area contributed by atoms with Crippen LogP contribution >= 0.6 is 0 Å². The van der Waals surface area contributed by atoms with E-state index in [4.69, 9.17) is 0 Å². The minimum Gasteiger partial charge on any atom is -0.0654 e. The molecule has 0 rings (SSSR count). The molecule has 0 unspecified atom stereocenters. The van der Waals surface area contributed by atoms with Crippen molar-refractivity contribution in [1.82, 2.24) is 0 Å². The molecule has 0 aromatic carbocycles. The van der Waals surface area contributed by atoms with Crippen LogP contribution in [-0.2, 0) is 0 Å². The van der Waals surface area contributed by atoms with E-state index in [0.717, 1.165) is 5.92 Å². The van der Waals surface area contributed by atoms with Crippen molar-refractivity contribution in [2.75, 3.05) is 0 Å². The Morgan fingerprint density at radius 3 is 1.73 bits per heavy atom. The van der Waals surface area contributed by atoms with Crippen LogP contribution in [0, 0.1) is 12.3 Å². The molecule has 0 spiro atoms. The van der Waals surface area contributed by atoms with Gasteiger partial charge in [-0.15, -0.1) is 0 Å². The Balaban J connectivity index is 3.25. The van der Waals surface area contributed by atoms with Crippen LogP contribution in [0.15, 0.2) is 0 Å². The minimum atomic E-state index is 0.773. The fraction of sp³-hybridized carbons (Fsp3) is 0.909. The predicted molar refractivity (Wildman–Crippen MR) is 51.5 cm³/mol. The van der Waals surface area contributed by atoms with E-state index in [1.54, 1.807) is 0 Å². The molecule has 0 fully saturated rings. The van der Waals surface area contributed by atoms with E-state index in [2.05, 4.69) is 27.2 Å². The second-order valence-electron chi connectivity index (χ2n) is 3.27. The van der Waals surface area contributed by atoms with Crippen LogP contribution in [-0.4, -0.2) is 0 Å². The van der Waals surface area contributed by atoms with Gasteiger partial charge in [-0.05, 0) is 25.2 Å². The molecule has 0 aromatic rings. The first-order valence-corrected chi connectivity index (χ1v) is 5.02. The van der Waals surface area contributed by atoms with E-state index in [-0.39, 0.29) is 0 Å². The molecule has 0 N–H and O–H groups in total. The van der Waals surface area contributed by atoms with Crippen LogP contribution in [0.4, 0.5) is 0 Å². The Morgan fingerprint density at radius 2 is 1.45 bits per heavy atom. The summed E-state index contributed by atoms with van der Waals surface area (Å²) in [6.45, 7) is 6.59. The van der Waals surface area contributed by atoms with Crippen LogP contribution in [0.2, 0.25) is 0 Å². The van der Waals surface area contributed by atoms with Gasteiger partial charge in [0, 0.05) is 0 Å². The monoisotopic (exact) mass is 154 g/mol. The van der Waals surface area contributed by atoms with Gasteiger partial charge >= 0.3 is 0 Å². The topological polar surface area (TPSA) is 0 Å². The maximum atomic E-state index is 3.37. The zero-order valence-electron chi connectivity index (χ0n) is 8.32. The van der Waals surface area contributed by atoms with Crippen LogP contribution in [0.5, 0.6) is 0 Å². The lowest BCUT2D eigenvalue weighted by atomic mass is 9.94. The van der Waals surface area contributed by atoms with E-state index >= 15 is 0 Å².